The van der Waals surface area contributed by atoms with Gasteiger partial charge < -0.3 is 9.47 Å². The number of hydrogen-bond donors (Lipinski definition) is 0. The summed E-state index contributed by atoms with van der Waals surface area (Å²) in [6.07, 6.45) is 11.5. The Morgan fingerprint density at radius 1 is 0.907 bits per heavy atom. The smallest absolute Gasteiger partial charge is 0.312 e. The van der Waals surface area contributed by atoms with Crippen LogP contribution in [-0.4, -0.2) is 26.0 Å². The molecule has 5 saturated carbocycles. The van der Waals surface area contributed by atoms with E-state index in [4.69, 9.17) is 9.47 Å². The Kier molecular flexibility index (Phi) is 7.18. The van der Waals surface area contributed by atoms with Crippen molar-refractivity contribution in [2.45, 2.75) is 99.3 Å². The molecule has 0 aromatic heterocycles. The zero-order valence-electron chi connectivity index (χ0n) is 28.0. The second-order valence-electron chi connectivity index (χ2n) is 16.5. The highest BCUT2D eigenvalue weighted by atomic mass is 16.5. The van der Waals surface area contributed by atoms with Gasteiger partial charge in [0.25, 0.3) is 0 Å². The van der Waals surface area contributed by atoms with Gasteiger partial charge in [0.05, 0.1) is 19.6 Å². The maximum atomic E-state index is 14.2. The summed E-state index contributed by atoms with van der Waals surface area (Å²) < 4.78 is 11.2. The molecule has 4 heteroatoms. The summed E-state index contributed by atoms with van der Waals surface area (Å²) in [5, 5.41) is 0. The van der Waals surface area contributed by atoms with Gasteiger partial charge in [0, 0.05) is 11.0 Å². The highest BCUT2D eigenvalue weighted by Crippen LogP contribution is 2.77. The number of allylic oxidation sites excluding steroid dienone is 2. The van der Waals surface area contributed by atoms with E-state index in [2.05, 4.69) is 60.3 Å². The monoisotopic (exact) mass is 586 g/mol. The molecule has 234 valence electrons. The summed E-state index contributed by atoms with van der Waals surface area (Å²) in [4.78, 5) is 27.7. The number of carbonyl (C=O) groups is 2. The van der Waals surface area contributed by atoms with E-state index >= 15 is 0 Å². The quantitative estimate of drug-likeness (QED) is 0.201. The van der Waals surface area contributed by atoms with E-state index in [1.165, 1.54) is 5.57 Å². The van der Waals surface area contributed by atoms with Crippen LogP contribution in [0.1, 0.15) is 105 Å². The van der Waals surface area contributed by atoms with E-state index in [0.29, 0.717) is 35.4 Å². The summed E-state index contributed by atoms with van der Waals surface area (Å²) in [6, 6.07) is 8.05. The molecule has 0 spiro atoms. The molecule has 6 rings (SSSR count). The lowest BCUT2D eigenvalue weighted by Crippen LogP contribution is -2.67. The van der Waals surface area contributed by atoms with E-state index in [0.717, 1.165) is 74.7 Å². The molecule has 0 radical (unpaired) electrons. The van der Waals surface area contributed by atoms with Crippen molar-refractivity contribution in [2.75, 3.05) is 14.2 Å². The number of esters is 1. The molecule has 0 amide bonds. The predicted molar refractivity (Wildman–Crippen MR) is 172 cm³/mol. The molecule has 0 bridgehead atoms. The Bertz CT molecular complexity index is 1370. The molecule has 5 fully saturated rings. The van der Waals surface area contributed by atoms with Gasteiger partial charge in [-0.15, -0.1) is 0 Å². The number of Topliss-reactive ketones (excluding diaryl/α,β-unsaturated/α-hetero) is 1. The van der Waals surface area contributed by atoms with Crippen molar-refractivity contribution in [3.63, 3.8) is 0 Å². The van der Waals surface area contributed by atoms with Crippen molar-refractivity contribution in [3.05, 3.63) is 47.6 Å². The van der Waals surface area contributed by atoms with Crippen LogP contribution >= 0.6 is 0 Å². The van der Waals surface area contributed by atoms with Gasteiger partial charge in [-0.2, -0.15) is 0 Å². The number of benzene rings is 1. The topological polar surface area (TPSA) is 52.6 Å². The number of ketones is 1. The van der Waals surface area contributed by atoms with Crippen LogP contribution in [0, 0.1) is 56.7 Å². The van der Waals surface area contributed by atoms with Gasteiger partial charge in [-0.3, -0.25) is 9.59 Å². The Balaban J connectivity index is 1.42. The van der Waals surface area contributed by atoms with Crippen molar-refractivity contribution in [1.82, 2.24) is 0 Å². The minimum Gasteiger partial charge on any atom is -0.496 e. The van der Waals surface area contributed by atoms with Crippen LogP contribution in [0.4, 0.5) is 0 Å². The average Bonchev–Trinajstić information content (AvgIpc) is 3.37. The zero-order chi connectivity index (χ0) is 31.2. The maximum absolute atomic E-state index is 14.2. The predicted octanol–water partition coefficient (Wildman–Crippen LogP) is 9.09. The molecule has 0 saturated heterocycles. The summed E-state index contributed by atoms with van der Waals surface area (Å²) in [6.45, 7) is 18.8. The molecule has 0 aliphatic heterocycles. The number of hydrogen-bond acceptors (Lipinski definition) is 4. The van der Waals surface area contributed by atoms with E-state index in [1.807, 2.05) is 18.2 Å². The highest BCUT2D eigenvalue weighted by molar-refractivity contribution is 6.04. The number of methoxy groups -OCH3 is 2. The van der Waals surface area contributed by atoms with Gasteiger partial charge in [-0.05, 0) is 128 Å². The number of fused-ring (bicyclic) bond motifs is 7. The molecule has 1 aromatic carbocycles. The molecule has 0 heterocycles. The van der Waals surface area contributed by atoms with Gasteiger partial charge in [-0.25, -0.2) is 0 Å². The third-order valence-corrected chi connectivity index (χ3v) is 14.7. The lowest BCUT2D eigenvalue weighted by atomic mass is 9.32. The highest BCUT2D eigenvalue weighted by Gasteiger charge is 2.72. The Labute approximate surface area is 260 Å². The van der Waals surface area contributed by atoms with Gasteiger partial charge in [0.2, 0.25) is 0 Å². The largest absolute Gasteiger partial charge is 0.496 e. The first-order valence-corrected chi connectivity index (χ1v) is 16.8. The van der Waals surface area contributed by atoms with Gasteiger partial charge in [0.1, 0.15) is 5.75 Å². The molecule has 43 heavy (non-hydrogen) atoms. The number of para-hydroxylation sites is 1. The molecule has 0 unspecified atom stereocenters. The normalized spacial score (nSPS) is 44.0. The minimum atomic E-state index is -0.414. The number of ether oxygens (including phenoxy) is 2. The third kappa shape index (κ3) is 3.99. The van der Waals surface area contributed by atoms with Gasteiger partial charge in [-0.1, -0.05) is 65.0 Å². The second kappa shape index (κ2) is 10.1. The molecule has 9 atom stereocenters. The molecule has 1 aromatic rings. The summed E-state index contributed by atoms with van der Waals surface area (Å²) >= 11 is 0. The van der Waals surface area contributed by atoms with E-state index in [9.17, 15) is 9.59 Å². The van der Waals surface area contributed by atoms with Crippen molar-refractivity contribution in [2.24, 2.45) is 56.7 Å². The van der Waals surface area contributed by atoms with Gasteiger partial charge in [0.15, 0.2) is 5.78 Å². The standard InChI is InChI=1S/C39H54O4/c1-24(2)27-16-19-39(34(41)43-9)21-20-37(6)28(32(27)39)14-15-31-36(5)23-26(22-25-12-10-11-13-29(25)42-8)33(40)35(3,4)30(36)17-18-38(31,37)7/h10-13,22,27-28,30-32H,1,14-21,23H2,2-9H3/b26-22+/t27-,28+,30-,31+,32-,36-,37+,38+,39-/m0/s1. The zero-order valence-corrected chi connectivity index (χ0v) is 28.0. The lowest BCUT2D eigenvalue weighted by molar-refractivity contribution is -0.232. The molecule has 0 N–H and O–H groups in total. The van der Waals surface area contributed by atoms with E-state index in [1.54, 1.807) is 14.2 Å². The molecule has 4 nitrogen and oxygen atoms in total. The van der Waals surface area contributed by atoms with Crippen molar-refractivity contribution < 1.29 is 19.1 Å². The second-order valence-corrected chi connectivity index (χ2v) is 16.5. The molecular weight excluding hydrogens is 532 g/mol. The first-order chi connectivity index (χ1) is 20.2. The van der Waals surface area contributed by atoms with Crippen LogP contribution in [0.25, 0.3) is 6.08 Å². The fourth-order valence-electron chi connectivity index (χ4n) is 12.7. The molecular formula is C39H54O4. The Hall–Kier alpha value is -2.36. The van der Waals surface area contributed by atoms with Crippen LogP contribution in [-0.2, 0) is 14.3 Å². The minimum absolute atomic E-state index is 0.0184. The Morgan fingerprint density at radius 2 is 1.63 bits per heavy atom. The van der Waals surface area contributed by atoms with Crippen LogP contribution in [0.3, 0.4) is 0 Å². The maximum Gasteiger partial charge on any atom is 0.312 e. The van der Waals surface area contributed by atoms with Crippen molar-refractivity contribution in [1.29, 1.82) is 0 Å². The molecule has 5 aliphatic rings. The van der Waals surface area contributed by atoms with Crippen LogP contribution < -0.4 is 4.74 Å². The SMILES string of the molecule is C=C(C)[C@@H]1CC[C@]2(C(=O)OC)CC[C@]3(C)[C@H](CC[C@@H]4[C@@]5(C)C/C(=C\c6ccccc6OC)C(=O)C(C)(C)[C@@H]5CC[C@]43C)[C@H]12. The van der Waals surface area contributed by atoms with Crippen LogP contribution in [0.15, 0.2) is 42.0 Å². The van der Waals surface area contributed by atoms with Gasteiger partial charge >= 0.3 is 5.97 Å². The van der Waals surface area contributed by atoms with Crippen LogP contribution in [0.5, 0.6) is 5.75 Å². The fraction of sp³-hybridized carbons (Fsp3) is 0.692. The summed E-state index contributed by atoms with van der Waals surface area (Å²) in [5.41, 5.74) is 2.68. The number of carbonyl (C=O) groups excluding carboxylic acids is 2. The number of rotatable bonds is 4. The summed E-state index contributed by atoms with van der Waals surface area (Å²) in [7, 11) is 3.29. The van der Waals surface area contributed by atoms with Crippen LogP contribution in [0.2, 0.25) is 0 Å². The average molecular weight is 587 g/mol. The first-order valence-electron chi connectivity index (χ1n) is 16.8. The third-order valence-electron chi connectivity index (χ3n) is 14.7. The molecule has 5 aliphatic carbocycles. The fourth-order valence-corrected chi connectivity index (χ4v) is 12.7. The lowest BCUT2D eigenvalue weighted by Gasteiger charge is -2.72. The summed E-state index contributed by atoms with van der Waals surface area (Å²) in [5.74, 6) is 3.19. The van der Waals surface area contributed by atoms with Crippen molar-refractivity contribution in [3.8, 4) is 5.75 Å². The van der Waals surface area contributed by atoms with Crippen molar-refractivity contribution >= 4 is 17.8 Å². The Morgan fingerprint density at radius 3 is 2.30 bits per heavy atom. The first kappa shape index (κ1) is 30.7. The van der Waals surface area contributed by atoms with E-state index < -0.39 is 5.41 Å². The van der Waals surface area contributed by atoms with E-state index in [-0.39, 0.29) is 27.6 Å².